The smallest absolute Gasteiger partial charge is 0.141 e. The molecule has 0 aliphatic carbocycles. The Balaban J connectivity index is 2.55. The molecular weight excluding hydrogens is 244 g/mol. The summed E-state index contributed by atoms with van der Waals surface area (Å²) < 4.78 is 5.41. The molecule has 0 bridgehead atoms. The minimum atomic E-state index is 0.656. The monoisotopic (exact) mass is 258 g/mol. The van der Waals surface area contributed by atoms with Crippen molar-refractivity contribution in [1.82, 2.24) is 0 Å². The van der Waals surface area contributed by atoms with Gasteiger partial charge in [0.05, 0.1) is 12.1 Å². The standard InChI is InChI=1S/C16H15ClO/c1-3-7-13-10-11-14(15(17)16(13)18-2)12-8-5-4-6-9-12/h3-6,8-11H,1,7H2,2H3. The van der Waals surface area contributed by atoms with Gasteiger partial charge in [-0.2, -0.15) is 0 Å². The Hall–Kier alpha value is -1.73. The Kier molecular flexibility index (Phi) is 4.06. The average molecular weight is 259 g/mol. The molecule has 2 aromatic rings. The van der Waals surface area contributed by atoms with Crippen molar-refractivity contribution >= 4 is 11.6 Å². The molecule has 18 heavy (non-hydrogen) atoms. The van der Waals surface area contributed by atoms with E-state index in [1.165, 1.54) is 0 Å². The maximum absolute atomic E-state index is 6.43. The fourth-order valence-corrected chi connectivity index (χ4v) is 2.34. The Morgan fingerprint density at radius 1 is 1.17 bits per heavy atom. The molecular formula is C16H15ClO. The lowest BCUT2D eigenvalue weighted by Gasteiger charge is -2.13. The summed E-state index contributed by atoms with van der Waals surface area (Å²) in [4.78, 5) is 0. The van der Waals surface area contributed by atoms with E-state index in [9.17, 15) is 0 Å². The highest BCUT2D eigenvalue weighted by molar-refractivity contribution is 6.35. The molecule has 0 aliphatic rings. The Morgan fingerprint density at radius 2 is 1.89 bits per heavy atom. The predicted molar refractivity (Wildman–Crippen MR) is 77.3 cm³/mol. The van der Waals surface area contributed by atoms with Gasteiger partial charge in [-0.1, -0.05) is 60.1 Å². The van der Waals surface area contributed by atoms with Gasteiger partial charge in [0.1, 0.15) is 5.75 Å². The summed E-state index contributed by atoms with van der Waals surface area (Å²) >= 11 is 6.43. The molecule has 0 N–H and O–H groups in total. The molecule has 2 rings (SSSR count). The van der Waals surface area contributed by atoms with Crippen molar-refractivity contribution in [2.45, 2.75) is 6.42 Å². The van der Waals surface area contributed by atoms with Crippen LogP contribution in [0.5, 0.6) is 5.75 Å². The maximum atomic E-state index is 6.43. The van der Waals surface area contributed by atoms with Gasteiger partial charge in [-0.3, -0.25) is 0 Å². The van der Waals surface area contributed by atoms with Crippen molar-refractivity contribution in [2.24, 2.45) is 0 Å². The SMILES string of the molecule is C=CCc1ccc(-c2ccccc2)c(Cl)c1OC. The van der Waals surface area contributed by atoms with Crippen molar-refractivity contribution in [1.29, 1.82) is 0 Å². The summed E-state index contributed by atoms with van der Waals surface area (Å²) in [7, 11) is 1.64. The van der Waals surface area contributed by atoms with Crippen LogP contribution in [0, 0.1) is 0 Å². The lowest BCUT2D eigenvalue weighted by molar-refractivity contribution is 0.411. The Labute approximate surface area is 113 Å². The van der Waals surface area contributed by atoms with E-state index in [0.29, 0.717) is 5.02 Å². The number of allylic oxidation sites excluding steroid dienone is 1. The molecule has 0 saturated carbocycles. The molecule has 0 saturated heterocycles. The quantitative estimate of drug-likeness (QED) is 0.720. The zero-order chi connectivity index (χ0) is 13.0. The lowest BCUT2D eigenvalue weighted by Crippen LogP contribution is -1.93. The van der Waals surface area contributed by atoms with E-state index in [2.05, 4.69) is 6.58 Å². The minimum absolute atomic E-state index is 0.656. The predicted octanol–water partition coefficient (Wildman–Crippen LogP) is 4.74. The molecule has 92 valence electrons. The molecule has 0 atom stereocenters. The van der Waals surface area contributed by atoms with Gasteiger partial charge in [0.15, 0.2) is 0 Å². The van der Waals surface area contributed by atoms with Gasteiger partial charge >= 0.3 is 0 Å². The first-order valence-corrected chi connectivity index (χ1v) is 6.17. The molecule has 2 heteroatoms. The van der Waals surface area contributed by atoms with Crippen LogP contribution < -0.4 is 4.74 Å². The molecule has 1 nitrogen and oxygen atoms in total. The van der Waals surface area contributed by atoms with E-state index in [0.717, 1.165) is 28.9 Å². The van der Waals surface area contributed by atoms with Crippen molar-refractivity contribution in [3.63, 3.8) is 0 Å². The van der Waals surface area contributed by atoms with Crippen LogP contribution >= 0.6 is 11.6 Å². The Bertz CT molecular complexity index is 547. The zero-order valence-electron chi connectivity index (χ0n) is 10.3. The summed E-state index contributed by atoms with van der Waals surface area (Å²) in [5, 5.41) is 0.656. The number of hydrogen-bond acceptors (Lipinski definition) is 1. The van der Waals surface area contributed by atoms with Crippen LogP contribution in [0.25, 0.3) is 11.1 Å². The van der Waals surface area contributed by atoms with Gasteiger partial charge in [0.2, 0.25) is 0 Å². The topological polar surface area (TPSA) is 9.23 Å². The van der Waals surface area contributed by atoms with E-state index in [1.54, 1.807) is 7.11 Å². The summed E-state index contributed by atoms with van der Waals surface area (Å²) in [6, 6.07) is 14.1. The number of methoxy groups -OCH3 is 1. The van der Waals surface area contributed by atoms with Crippen LogP contribution in [0.4, 0.5) is 0 Å². The van der Waals surface area contributed by atoms with E-state index in [4.69, 9.17) is 16.3 Å². The fourth-order valence-electron chi connectivity index (χ4n) is 1.97. The number of rotatable bonds is 4. The van der Waals surface area contributed by atoms with Gasteiger partial charge in [-0.05, 0) is 17.5 Å². The molecule has 0 unspecified atom stereocenters. The molecule has 0 fully saturated rings. The van der Waals surface area contributed by atoms with Gasteiger partial charge in [-0.25, -0.2) is 0 Å². The van der Waals surface area contributed by atoms with Gasteiger partial charge in [-0.15, -0.1) is 6.58 Å². The molecule has 0 amide bonds. The fraction of sp³-hybridized carbons (Fsp3) is 0.125. The molecule has 2 aromatic carbocycles. The van der Waals surface area contributed by atoms with Crippen LogP contribution in [-0.4, -0.2) is 7.11 Å². The third-order valence-electron chi connectivity index (χ3n) is 2.83. The molecule has 0 spiro atoms. The normalized spacial score (nSPS) is 10.1. The largest absolute Gasteiger partial charge is 0.495 e. The summed E-state index contributed by atoms with van der Waals surface area (Å²) in [5.41, 5.74) is 3.13. The molecule has 0 aliphatic heterocycles. The zero-order valence-corrected chi connectivity index (χ0v) is 11.1. The van der Waals surface area contributed by atoms with Gasteiger partial charge in [0, 0.05) is 5.56 Å². The average Bonchev–Trinajstić information content (AvgIpc) is 2.40. The van der Waals surface area contributed by atoms with E-state index in [-0.39, 0.29) is 0 Å². The maximum Gasteiger partial charge on any atom is 0.141 e. The second kappa shape index (κ2) is 5.74. The van der Waals surface area contributed by atoms with Crippen molar-refractivity contribution < 1.29 is 4.74 Å². The third kappa shape index (κ3) is 2.41. The second-order valence-corrected chi connectivity index (χ2v) is 4.36. The molecule has 0 heterocycles. The first kappa shape index (κ1) is 12.7. The van der Waals surface area contributed by atoms with Crippen LogP contribution in [0.2, 0.25) is 5.02 Å². The van der Waals surface area contributed by atoms with Crippen LogP contribution in [0.3, 0.4) is 0 Å². The van der Waals surface area contributed by atoms with Crippen LogP contribution in [-0.2, 0) is 6.42 Å². The summed E-state index contributed by atoms with van der Waals surface area (Å²) in [5.74, 6) is 0.734. The van der Waals surface area contributed by atoms with Crippen molar-refractivity contribution in [3.05, 3.63) is 65.7 Å². The van der Waals surface area contributed by atoms with E-state index < -0.39 is 0 Å². The van der Waals surface area contributed by atoms with Crippen LogP contribution in [0.1, 0.15) is 5.56 Å². The highest BCUT2D eigenvalue weighted by Gasteiger charge is 2.12. The molecule has 0 aromatic heterocycles. The van der Waals surface area contributed by atoms with Gasteiger partial charge in [0.25, 0.3) is 0 Å². The third-order valence-corrected chi connectivity index (χ3v) is 3.21. The first-order chi connectivity index (χ1) is 8.77. The lowest BCUT2D eigenvalue weighted by atomic mass is 10.0. The second-order valence-electron chi connectivity index (χ2n) is 3.98. The van der Waals surface area contributed by atoms with E-state index in [1.807, 2.05) is 48.5 Å². The summed E-state index contributed by atoms with van der Waals surface area (Å²) in [6.07, 6.45) is 2.59. The van der Waals surface area contributed by atoms with Crippen molar-refractivity contribution in [2.75, 3.05) is 7.11 Å². The van der Waals surface area contributed by atoms with Crippen LogP contribution in [0.15, 0.2) is 55.1 Å². The van der Waals surface area contributed by atoms with E-state index >= 15 is 0 Å². The summed E-state index contributed by atoms with van der Waals surface area (Å²) in [6.45, 7) is 3.74. The van der Waals surface area contributed by atoms with Crippen molar-refractivity contribution in [3.8, 4) is 16.9 Å². The number of hydrogen-bond donors (Lipinski definition) is 0. The van der Waals surface area contributed by atoms with Gasteiger partial charge < -0.3 is 4.74 Å². The Morgan fingerprint density at radius 3 is 2.50 bits per heavy atom. The molecule has 0 radical (unpaired) electrons. The highest BCUT2D eigenvalue weighted by Crippen LogP contribution is 2.38. The highest BCUT2D eigenvalue weighted by atomic mass is 35.5. The number of halogens is 1. The number of benzene rings is 2. The first-order valence-electron chi connectivity index (χ1n) is 5.79. The number of ether oxygens (including phenoxy) is 1. The minimum Gasteiger partial charge on any atom is -0.495 e.